The zero-order valence-electron chi connectivity index (χ0n) is 12.6. The second kappa shape index (κ2) is 6.41. The maximum absolute atomic E-state index is 11.4. The molecule has 0 aliphatic rings. The lowest BCUT2D eigenvalue weighted by Gasteiger charge is -2.14. The van der Waals surface area contributed by atoms with E-state index < -0.39 is 9.84 Å². The molecule has 0 aliphatic heterocycles. The van der Waals surface area contributed by atoms with E-state index in [1.807, 2.05) is 12.1 Å². The quantitative estimate of drug-likeness (QED) is 0.922. The molecule has 0 fully saturated rings. The molecule has 0 spiro atoms. The highest BCUT2D eigenvalue weighted by Gasteiger charge is 2.07. The topological polar surface area (TPSA) is 46.2 Å². The van der Waals surface area contributed by atoms with Gasteiger partial charge in [-0.15, -0.1) is 0 Å². The molecule has 0 radical (unpaired) electrons. The second-order valence-corrected chi connectivity index (χ2v) is 7.45. The minimum Gasteiger partial charge on any atom is -0.306 e. The van der Waals surface area contributed by atoms with Crippen LogP contribution < -0.4 is 5.32 Å². The van der Waals surface area contributed by atoms with Crippen LogP contribution >= 0.6 is 0 Å². The summed E-state index contributed by atoms with van der Waals surface area (Å²) in [4.78, 5) is 0.359. The third-order valence-corrected chi connectivity index (χ3v) is 4.67. The molecule has 1 unspecified atom stereocenters. The minimum absolute atomic E-state index is 0.250. The highest BCUT2D eigenvalue weighted by Crippen LogP contribution is 2.15. The van der Waals surface area contributed by atoms with Crippen molar-refractivity contribution in [2.75, 3.05) is 6.26 Å². The number of hydrogen-bond acceptors (Lipinski definition) is 3. The molecule has 0 bridgehead atoms. The molecule has 4 heteroatoms. The third kappa shape index (κ3) is 4.41. The van der Waals surface area contributed by atoms with E-state index in [1.54, 1.807) is 12.1 Å². The van der Waals surface area contributed by atoms with Crippen molar-refractivity contribution in [1.82, 2.24) is 5.32 Å². The molecule has 2 rings (SSSR count). The molecule has 1 N–H and O–H groups in total. The Kier molecular flexibility index (Phi) is 4.80. The zero-order valence-corrected chi connectivity index (χ0v) is 13.4. The van der Waals surface area contributed by atoms with Gasteiger partial charge in [-0.2, -0.15) is 0 Å². The lowest BCUT2D eigenvalue weighted by Crippen LogP contribution is -2.18. The Morgan fingerprint density at radius 1 is 1.00 bits per heavy atom. The van der Waals surface area contributed by atoms with Gasteiger partial charge < -0.3 is 5.32 Å². The Morgan fingerprint density at radius 2 is 1.57 bits per heavy atom. The van der Waals surface area contributed by atoms with Crippen molar-refractivity contribution in [1.29, 1.82) is 0 Å². The van der Waals surface area contributed by atoms with Crippen molar-refractivity contribution in [3.05, 3.63) is 65.2 Å². The predicted octanol–water partition coefficient (Wildman–Crippen LogP) is 3.25. The Morgan fingerprint density at radius 3 is 2.10 bits per heavy atom. The van der Waals surface area contributed by atoms with Crippen LogP contribution in [-0.2, 0) is 16.4 Å². The standard InChI is InChI=1S/C17H21NO2S/c1-13-4-8-16(9-5-13)14(2)18-12-15-6-10-17(11-7-15)21(3,19)20/h4-11,14,18H,12H2,1-3H3. The predicted molar refractivity (Wildman–Crippen MR) is 86.0 cm³/mol. The van der Waals surface area contributed by atoms with Crippen molar-refractivity contribution >= 4 is 9.84 Å². The summed E-state index contributed by atoms with van der Waals surface area (Å²) in [6.45, 7) is 4.90. The molecule has 0 heterocycles. The van der Waals surface area contributed by atoms with Gasteiger partial charge in [0.1, 0.15) is 0 Å². The van der Waals surface area contributed by atoms with Gasteiger partial charge in [-0.25, -0.2) is 8.42 Å². The van der Waals surface area contributed by atoms with E-state index in [-0.39, 0.29) is 6.04 Å². The molecule has 0 amide bonds. The van der Waals surface area contributed by atoms with Gasteiger partial charge in [-0.1, -0.05) is 42.0 Å². The molecule has 3 nitrogen and oxygen atoms in total. The van der Waals surface area contributed by atoms with E-state index in [2.05, 4.69) is 43.4 Å². The van der Waals surface area contributed by atoms with Crippen LogP contribution in [0.5, 0.6) is 0 Å². The molecule has 0 saturated heterocycles. The van der Waals surface area contributed by atoms with E-state index in [1.165, 1.54) is 17.4 Å². The van der Waals surface area contributed by atoms with Crippen LogP contribution in [0.2, 0.25) is 0 Å². The highest BCUT2D eigenvalue weighted by atomic mass is 32.2. The lowest BCUT2D eigenvalue weighted by molar-refractivity contribution is 0.574. The summed E-state index contributed by atoms with van der Waals surface area (Å²) in [5, 5.41) is 3.44. The van der Waals surface area contributed by atoms with Crippen molar-refractivity contribution in [2.24, 2.45) is 0 Å². The number of rotatable bonds is 5. The number of benzene rings is 2. The first kappa shape index (κ1) is 15.7. The van der Waals surface area contributed by atoms with Crippen molar-refractivity contribution in [2.45, 2.75) is 31.3 Å². The highest BCUT2D eigenvalue weighted by molar-refractivity contribution is 7.90. The summed E-state index contributed by atoms with van der Waals surface area (Å²) in [5.74, 6) is 0. The molecule has 2 aromatic carbocycles. The molecule has 21 heavy (non-hydrogen) atoms. The first-order valence-electron chi connectivity index (χ1n) is 6.95. The third-order valence-electron chi connectivity index (χ3n) is 3.54. The fourth-order valence-corrected chi connectivity index (χ4v) is 2.73. The van der Waals surface area contributed by atoms with Crippen LogP contribution in [0.15, 0.2) is 53.4 Å². The molecule has 0 aliphatic carbocycles. The van der Waals surface area contributed by atoms with Crippen LogP contribution in [0.25, 0.3) is 0 Å². The van der Waals surface area contributed by atoms with Gasteiger partial charge in [0.05, 0.1) is 4.90 Å². The number of sulfone groups is 1. The molecule has 0 aromatic heterocycles. The fourth-order valence-electron chi connectivity index (χ4n) is 2.10. The first-order chi connectivity index (χ1) is 9.86. The molecule has 112 valence electrons. The van der Waals surface area contributed by atoms with E-state index in [9.17, 15) is 8.42 Å². The second-order valence-electron chi connectivity index (χ2n) is 5.43. The SMILES string of the molecule is Cc1ccc(C(C)NCc2ccc(S(C)(=O)=O)cc2)cc1. The van der Waals surface area contributed by atoms with Gasteiger partial charge in [0.25, 0.3) is 0 Å². The van der Waals surface area contributed by atoms with E-state index >= 15 is 0 Å². The summed E-state index contributed by atoms with van der Waals surface area (Å²) >= 11 is 0. The first-order valence-corrected chi connectivity index (χ1v) is 8.84. The van der Waals surface area contributed by atoms with Gasteiger partial charge in [-0.05, 0) is 37.1 Å². The molecular weight excluding hydrogens is 282 g/mol. The average Bonchev–Trinajstić information content (AvgIpc) is 2.45. The van der Waals surface area contributed by atoms with Crippen LogP contribution in [0, 0.1) is 6.92 Å². The lowest BCUT2D eigenvalue weighted by atomic mass is 10.1. The summed E-state index contributed by atoms with van der Waals surface area (Å²) in [5.41, 5.74) is 3.57. The van der Waals surface area contributed by atoms with Crippen LogP contribution in [-0.4, -0.2) is 14.7 Å². The van der Waals surface area contributed by atoms with Gasteiger partial charge in [0.2, 0.25) is 0 Å². The van der Waals surface area contributed by atoms with Gasteiger partial charge in [-0.3, -0.25) is 0 Å². The number of aryl methyl sites for hydroxylation is 1. The fraction of sp³-hybridized carbons (Fsp3) is 0.294. The Bertz CT molecular complexity index is 689. The van der Waals surface area contributed by atoms with Crippen molar-refractivity contribution < 1.29 is 8.42 Å². The monoisotopic (exact) mass is 303 g/mol. The molecule has 1 atom stereocenters. The normalized spacial score (nSPS) is 13.1. The van der Waals surface area contributed by atoms with Gasteiger partial charge in [0.15, 0.2) is 9.84 Å². The zero-order chi connectivity index (χ0) is 15.5. The Hall–Kier alpha value is -1.65. The Labute approximate surface area is 126 Å². The van der Waals surface area contributed by atoms with Gasteiger partial charge in [0, 0.05) is 18.8 Å². The van der Waals surface area contributed by atoms with Crippen LogP contribution in [0.3, 0.4) is 0 Å². The molecular formula is C17H21NO2S. The molecule has 0 saturated carbocycles. The van der Waals surface area contributed by atoms with E-state index in [4.69, 9.17) is 0 Å². The average molecular weight is 303 g/mol. The van der Waals surface area contributed by atoms with Crippen molar-refractivity contribution in [3.63, 3.8) is 0 Å². The van der Waals surface area contributed by atoms with Crippen LogP contribution in [0.1, 0.15) is 29.7 Å². The maximum atomic E-state index is 11.4. The maximum Gasteiger partial charge on any atom is 0.175 e. The summed E-state index contributed by atoms with van der Waals surface area (Å²) < 4.78 is 22.8. The number of nitrogens with one attached hydrogen (secondary N) is 1. The largest absolute Gasteiger partial charge is 0.306 e. The van der Waals surface area contributed by atoms with Gasteiger partial charge >= 0.3 is 0 Å². The summed E-state index contributed by atoms with van der Waals surface area (Å²) in [6, 6.07) is 15.7. The Balaban J connectivity index is 1.98. The minimum atomic E-state index is -3.12. The summed E-state index contributed by atoms with van der Waals surface area (Å²) in [6.07, 6.45) is 1.22. The summed E-state index contributed by atoms with van der Waals surface area (Å²) in [7, 11) is -3.12. The van der Waals surface area contributed by atoms with Crippen molar-refractivity contribution in [3.8, 4) is 0 Å². The van der Waals surface area contributed by atoms with E-state index in [0.29, 0.717) is 11.4 Å². The molecule has 2 aromatic rings. The number of hydrogen-bond donors (Lipinski definition) is 1. The smallest absolute Gasteiger partial charge is 0.175 e. The van der Waals surface area contributed by atoms with E-state index in [0.717, 1.165) is 5.56 Å². The van der Waals surface area contributed by atoms with Crippen LogP contribution in [0.4, 0.5) is 0 Å².